The average molecular weight is 445 g/mol. The second kappa shape index (κ2) is 8.25. The van der Waals surface area contributed by atoms with Gasteiger partial charge in [0, 0.05) is 23.3 Å². The van der Waals surface area contributed by atoms with Crippen LogP contribution in [0, 0.1) is 0 Å². The SMILES string of the molecule is O=C(Cc1ccccc1)Nc1cncc(-c2ccc3[nH]nc(-c4nc5ccncc5[nH]4)c3c2)c1. The van der Waals surface area contributed by atoms with Crippen LogP contribution in [0.4, 0.5) is 5.69 Å². The van der Waals surface area contributed by atoms with Crippen molar-refractivity contribution >= 4 is 33.5 Å². The summed E-state index contributed by atoms with van der Waals surface area (Å²) in [6.45, 7) is 0. The molecule has 0 radical (unpaired) electrons. The molecule has 0 spiro atoms. The van der Waals surface area contributed by atoms with Gasteiger partial charge >= 0.3 is 0 Å². The first-order valence-corrected chi connectivity index (χ1v) is 10.8. The van der Waals surface area contributed by atoms with Crippen molar-refractivity contribution in [3.63, 3.8) is 0 Å². The molecule has 8 heteroatoms. The maximum atomic E-state index is 12.5. The molecule has 6 aromatic rings. The van der Waals surface area contributed by atoms with Crippen molar-refractivity contribution < 1.29 is 4.79 Å². The summed E-state index contributed by atoms with van der Waals surface area (Å²) in [5.74, 6) is 0.587. The quantitative estimate of drug-likeness (QED) is 0.355. The fraction of sp³-hybridized carbons (Fsp3) is 0.0385. The lowest BCUT2D eigenvalue weighted by molar-refractivity contribution is -0.115. The minimum Gasteiger partial charge on any atom is -0.335 e. The van der Waals surface area contributed by atoms with E-state index in [0.717, 1.165) is 44.3 Å². The number of hydrogen-bond donors (Lipinski definition) is 3. The highest BCUT2D eigenvalue weighted by Gasteiger charge is 2.14. The van der Waals surface area contributed by atoms with E-state index in [1.165, 1.54) is 0 Å². The second-order valence-corrected chi connectivity index (χ2v) is 7.98. The van der Waals surface area contributed by atoms with Crippen LogP contribution in [-0.2, 0) is 11.2 Å². The van der Waals surface area contributed by atoms with Crippen molar-refractivity contribution in [2.75, 3.05) is 5.32 Å². The van der Waals surface area contributed by atoms with Crippen LogP contribution in [0.2, 0.25) is 0 Å². The maximum Gasteiger partial charge on any atom is 0.228 e. The number of benzene rings is 2. The van der Waals surface area contributed by atoms with Gasteiger partial charge in [0.25, 0.3) is 0 Å². The van der Waals surface area contributed by atoms with Crippen LogP contribution in [0.15, 0.2) is 85.5 Å². The third-order valence-electron chi connectivity index (χ3n) is 5.63. The molecule has 0 aliphatic carbocycles. The molecule has 0 atom stereocenters. The van der Waals surface area contributed by atoms with Crippen LogP contribution in [0.5, 0.6) is 0 Å². The molecule has 0 aliphatic heterocycles. The molecule has 0 aliphatic rings. The van der Waals surface area contributed by atoms with Crippen molar-refractivity contribution in [3.05, 3.63) is 91.0 Å². The zero-order chi connectivity index (χ0) is 22.9. The monoisotopic (exact) mass is 445 g/mol. The fourth-order valence-electron chi connectivity index (χ4n) is 4.00. The van der Waals surface area contributed by atoms with Gasteiger partial charge in [0.05, 0.1) is 41.1 Å². The first-order valence-electron chi connectivity index (χ1n) is 10.8. The Morgan fingerprint density at radius 2 is 1.79 bits per heavy atom. The Bertz CT molecular complexity index is 1600. The third-order valence-corrected chi connectivity index (χ3v) is 5.63. The number of anilines is 1. The van der Waals surface area contributed by atoms with Gasteiger partial charge in [-0.2, -0.15) is 5.10 Å². The predicted octanol–water partition coefficient (Wildman–Crippen LogP) is 4.74. The second-order valence-electron chi connectivity index (χ2n) is 7.98. The van der Waals surface area contributed by atoms with E-state index < -0.39 is 0 Å². The van der Waals surface area contributed by atoms with E-state index in [9.17, 15) is 4.79 Å². The van der Waals surface area contributed by atoms with E-state index in [0.29, 0.717) is 17.9 Å². The summed E-state index contributed by atoms with van der Waals surface area (Å²) in [7, 11) is 0. The number of carbonyl (C=O) groups is 1. The van der Waals surface area contributed by atoms with Crippen molar-refractivity contribution in [2.24, 2.45) is 0 Å². The van der Waals surface area contributed by atoms with Crippen LogP contribution in [0.3, 0.4) is 0 Å². The summed E-state index contributed by atoms with van der Waals surface area (Å²) in [4.78, 5) is 28.9. The Kier molecular flexibility index (Phi) is 4.81. The highest BCUT2D eigenvalue weighted by atomic mass is 16.1. The summed E-state index contributed by atoms with van der Waals surface area (Å²) in [6, 6.07) is 19.5. The number of amides is 1. The lowest BCUT2D eigenvalue weighted by atomic mass is 10.0. The number of nitrogens with zero attached hydrogens (tertiary/aromatic N) is 4. The number of fused-ring (bicyclic) bond motifs is 2. The molecule has 4 heterocycles. The molecule has 4 aromatic heterocycles. The number of aromatic nitrogens is 6. The molecule has 34 heavy (non-hydrogen) atoms. The molecule has 8 nitrogen and oxygen atoms in total. The molecule has 0 fully saturated rings. The zero-order valence-corrected chi connectivity index (χ0v) is 18.0. The number of H-pyrrole nitrogens is 2. The number of imidazole rings is 1. The van der Waals surface area contributed by atoms with Crippen LogP contribution in [0.25, 0.3) is 44.6 Å². The normalized spacial score (nSPS) is 11.2. The van der Waals surface area contributed by atoms with Gasteiger partial charge in [-0.25, -0.2) is 4.98 Å². The van der Waals surface area contributed by atoms with E-state index in [1.807, 2.05) is 60.7 Å². The molecule has 0 bridgehead atoms. The molecular formula is C26H19N7O. The van der Waals surface area contributed by atoms with Crippen LogP contribution in [0.1, 0.15) is 5.56 Å². The average Bonchev–Trinajstić information content (AvgIpc) is 3.48. The van der Waals surface area contributed by atoms with E-state index in [1.54, 1.807) is 24.8 Å². The molecule has 0 saturated carbocycles. The van der Waals surface area contributed by atoms with Crippen molar-refractivity contribution in [1.82, 2.24) is 30.1 Å². The summed E-state index contributed by atoms with van der Waals surface area (Å²) in [5.41, 5.74) is 6.78. The Balaban J connectivity index is 1.30. The maximum absolute atomic E-state index is 12.5. The minimum atomic E-state index is -0.0860. The number of carbonyl (C=O) groups excluding carboxylic acids is 1. The lowest BCUT2D eigenvalue weighted by Gasteiger charge is -2.08. The molecule has 3 N–H and O–H groups in total. The van der Waals surface area contributed by atoms with Gasteiger partial charge in [-0.15, -0.1) is 0 Å². The molecule has 0 saturated heterocycles. The Labute approximate surface area is 194 Å². The minimum absolute atomic E-state index is 0.0860. The molecule has 2 aromatic carbocycles. The number of pyridine rings is 2. The third kappa shape index (κ3) is 3.77. The summed E-state index contributed by atoms with van der Waals surface area (Å²) >= 11 is 0. The van der Waals surface area contributed by atoms with Gasteiger partial charge in [0.1, 0.15) is 5.69 Å². The zero-order valence-electron chi connectivity index (χ0n) is 18.0. The molecule has 6 rings (SSSR count). The largest absolute Gasteiger partial charge is 0.335 e. The highest BCUT2D eigenvalue weighted by Crippen LogP contribution is 2.30. The standard InChI is InChI=1S/C26H19N7O/c34-24(10-16-4-2-1-3-5-16)29-19-11-18(13-28-14-19)17-6-7-21-20(12-17)25(33-32-21)26-30-22-8-9-27-15-23(22)31-26/h1-9,11-15H,10H2,(H,29,34)(H,30,31)(H,32,33). The number of hydrogen-bond acceptors (Lipinski definition) is 5. The smallest absolute Gasteiger partial charge is 0.228 e. The number of nitrogens with one attached hydrogen (secondary N) is 3. The first-order chi connectivity index (χ1) is 16.7. The molecule has 164 valence electrons. The van der Waals surface area contributed by atoms with Gasteiger partial charge < -0.3 is 10.3 Å². The van der Waals surface area contributed by atoms with Gasteiger partial charge in [0.2, 0.25) is 5.91 Å². The van der Waals surface area contributed by atoms with Crippen molar-refractivity contribution in [2.45, 2.75) is 6.42 Å². The van der Waals surface area contributed by atoms with Gasteiger partial charge in [0.15, 0.2) is 5.82 Å². The molecule has 1 amide bonds. The lowest BCUT2D eigenvalue weighted by Crippen LogP contribution is -2.14. The summed E-state index contributed by atoms with van der Waals surface area (Å²) in [6.07, 6.45) is 7.20. The Hall–Kier alpha value is -4.85. The van der Waals surface area contributed by atoms with E-state index in [4.69, 9.17) is 0 Å². The Morgan fingerprint density at radius 3 is 2.68 bits per heavy atom. The van der Waals surface area contributed by atoms with Crippen LogP contribution in [-0.4, -0.2) is 36.0 Å². The van der Waals surface area contributed by atoms with Gasteiger partial charge in [-0.1, -0.05) is 36.4 Å². The van der Waals surface area contributed by atoms with E-state index in [2.05, 4.69) is 35.5 Å². The van der Waals surface area contributed by atoms with E-state index in [-0.39, 0.29) is 5.91 Å². The van der Waals surface area contributed by atoms with Crippen molar-refractivity contribution in [1.29, 1.82) is 0 Å². The number of rotatable bonds is 5. The molecule has 0 unspecified atom stereocenters. The Morgan fingerprint density at radius 1 is 0.882 bits per heavy atom. The van der Waals surface area contributed by atoms with E-state index >= 15 is 0 Å². The van der Waals surface area contributed by atoms with Crippen LogP contribution >= 0.6 is 0 Å². The fourth-order valence-corrected chi connectivity index (χ4v) is 4.00. The highest BCUT2D eigenvalue weighted by molar-refractivity contribution is 5.96. The summed E-state index contributed by atoms with van der Waals surface area (Å²) in [5, 5.41) is 11.4. The van der Waals surface area contributed by atoms with Crippen molar-refractivity contribution in [3.8, 4) is 22.6 Å². The van der Waals surface area contributed by atoms with Crippen LogP contribution < -0.4 is 5.32 Å². The molecular weight excluding hydrogens is 426 g/mol. The predicted molar refractivity (Wildman–Crippen MR) is 131 cm³/mol. The number of aromatic amines is 2. The van der Waals surface area contributed by atoms with Gasteiger partial charge in [-0.05, 0) is 35.4 Å². The van der Waals surface area contributed by atoms with Gasteiger partial charge in [-0.3, -0.25) is 19.9 Å². The topological polar surface area (TPSA) is 112 Å². The summed E-state index contributed by atoms with van der Waals surface area (Å²) < 4.78 is 0. The first kappa shape index (κ1) is 19.8.